The zero-order chi connectivity index (χ0) is 21.3. The molecule has 0 saturated heterocycles. The smallest absolute Gasteiger partial charge is 0.344 e. The van der Waals surface area contributed by atoms with Crippen LogP contribution >= 0.6 is 0 Å². The topological polar surface area (TPSA) is 90.9 Å². The fraction of sp³-hybridized carbons (Fsp3) is 0.609. The average Bonchev–Trinajstić information content (AvgIpc) is 2.70. The zero-order valence-corrected chi connectivity index (χ0v) is 17.5. The second-order valence-corrected chi connectivity index (χ2v) is 9.14. The maximum absolute atomic E-state index is 12.7. The molecule has 1 atom stereocenters. The first-order chi connectivity index (χ1) is 14.4. The van der Waals surface area contributed by atoms with E-state index in [1.54, 1.807) is 19.1 Å². The largest absolute Gasteiger partial charge is 0.493 e. The van der Waals surface area contributed by atoms with Crippen LogP contribution in [-0.2, 0) is 14.3 Å². The Morgan fingerprint density at radius 3 is 2.33 bits per heavy atom. The van der Waals surface area contributed by atoms with Gasteiger partial charge < -0.3 is 19.5 Å². The summed E-state index contributed by atoms with van der Waals surface area (Å²) in [5.74, 6) is 1.98. The molecule has 7 heteroatoms. The van der Waals surface area contributed by atoms with Gasteiger partial charge in [-0.1, -0.05) is 0 Å². The number of rotatable bonds is 8. The molecule has 1 aromatic rings. The van der Waals surface area contributed by atoms with Crippen molar-refractivity contribution in [2.45, 2.75) is 57.1 Å². The number of benzene rings is 1. The lowest BCUT2D eigenvalue weighted by molar-refractivity contribution is -0.158. The molecule has 0 unspecified atom stereocenters. The van der Waals surface area contributed by atoms with Gasteiger partial charge >= 0.3 is 5.97 Å². The SMILES string of the molecule is COc1cc(C=O)ccc1OCC(=O)O[C@@H](C)C(=O)NC12CC3CC(CC(C3)C1)C2. The Morgan fingerprint density at radius 1 is 1.13 bits per heavy atom. The van der Waals surface area contributed by atoms with Gasteiger partial charge in [-0.25, -0.2) is 4.79 Å². The Bertz CT molecular complexity index is 800. The van der Waals surface area contributed by atoms with Crippen LogP contribution < -0.4 is 14.8 Å². The molecule has 4 saturated carbocycles. The molecule has 4 bridgehead atoms. The van der Waals surface area contributed by atoms with Crippen molar-refractivity contribution in [1.82, 2.24) is 5.32 Å². The Kier molecular flexibility index (Phi) is 5.71. The van der Waals surface area contributed by atoms with Crippen molar-refractivity contribution in [2.75, 3.05) is 13.7 Å². The lowest BCUT2D eigenvalue weighted by Gasteiger charge is -2.57. The van der Waals surface area contributed by atoms with Gasteiger partial charge in [-0.15, -0.1) is 0 Å². The highest BCUT2D eigenvalue weighted by Crippen LogP contribution is 2.55. The molecule has 4 fully saturated rings. The summed E-state index contributed by atoms with van der Waals surface area (Å²) in [6, 6.07) is 4.64. The van der Waals surface area contributed by atoms with E-state index in [2.05, 4.69) is 5.32 Å². The van der Waals surface area contributed by atoms with E-state index in [-0.39, 0.29) is 18.1 Å². The molecule has 4 aliphatic carbocycles. The summed E-state index contributed by atoms with van der Waals surface area (Å²) in [5.41, 5.74) is 0.327. The van der Waals surface area contributed by atoms with E-state index >= 15 is 0 Å². The van der Waals surface area contributed by atoms with Crippen molar-refractivity contribution >= 4 is 18.2 Å². The van der Waals surface area contributed by atoms with E-state index in [0.29, 0.717) is 23.3 Å². The number of esters is 1. The maximum Gasteiger partial charge on any atom is 0.344 e. The summed E-state index contributed by atoms with van der Waals surface area (Å²) in [5, 5.41) is 3.22. The lowest BCUT2D eigenvalue weighted by Crippen LogP contribution is -2.61. The summed E-state index contributed by atoms with van der Waals surface area (Å²) < 4.78 is 15.9. The molecule has 0 spiro atoms. The summed E-state index contributed by atoms with van der Waals surface area (Å²) >= 11 is 0. The first-order valence-corrected chi connectivity index (χ1v) is 10.7. The monoisotopic (exact) mass is 415 g/mol. The predicted octanol–water partition coefficient (Wildman–Crippen LogP) is 2.90. The molecule has 1 amide bonds. The molecule has 30 heavy (non-hydrogen) atoms. The molecule has 0 heterocycles. The normalized spacial score (nSPS) is 29.7. The lowest BCUT2D eigenvalue weighted by atomic mass is 9.53. The van der Waals surface area contributed by atoms with Gasteiger partial charge in [0.2, 0.25) is 0 Å². The number of nitrogens with one attached hydrogen (secondary N) is 1. The van der Waals surface area contributed by atoms with Crippen molar-refractivity contribution in [2.24, 2.45) is 17.8 Å². The van der Waals surface area contributed by atoms with E-state index in [1.807, 2.05) is 0 Å². The standard InChI is InChI=1S/C23H29NO6/c1-14(22(27)24-23-9-16-5-17(10-23)7-18(6-16)11-23)30-21(26)13-29-19-4-3-15(12-25)8-20(19)28-2/h3-4,8,12,14,16-18H,5-7,9-11,13H2,1-2H3,(H,24,27)/t14-,16?,17?,18?,23?/m0/s1. The van der Waals surface area contributed by atoms with Crippen LogP contribution in [0.15, 0.2) is 18.2 Å². The molecule has 7 nitrogen and oxygen atoms in total. The van der Waals surface area contributed by atoms with E-state index < -0.39 is 12.1 Å². The molecular formula is C23H29NO6. The van der Waals surface area contributed by atoms with E-state index in [4.69, 9.17) is 14.2 Å². The number of ether oxygens (including phenoxy) is 3. The number of aldehydes is 1. The van der Waals surface area contributed by atoms with Crippen LogP contribution in [0, 0.1) is 17.8 Å². The van der Waals surface area contributed by atoms with E-state index in [1.165, 1.54) is 32.4 Å². The highest BCUT2D eigenvalue weighted by molar-refractivity contribution is 5.84. The minimum Gasteiger partial charge on any atom is -0.493 e. The van der Waals surface area contributed by atoms with Gasteiger partial charge in [0.05, 0.1) is 7.11 Å². The van der Waals surface area contributed by atoms with Crippen molar-refractivity contribution < 1.29 is 28.6 Å². The fourth-order valence-corrected chi connectivity index (χ4v) is 5.92. The molecule has 1 N–H and O–H groups in total. The van der Waals surface area contributed by atoms with Gasteiger partial charge in [0.25, 0.3) is 5.91 Å². The minimum absolute atomic E-state index is 0.114. The number of hydrogen-bond acceptors (Lipinski definition) is 6. The van der Waals surface area contributed by atoms with Crippen LogP contribution in [0.3, 0.4) is 0 Å². The van der Waals surface area contributed by atoms with Crippen LogP contribution in [0.25, 0.3) is 0 Å². The Labute approximate surface area is 176 Å². The van der Waals surface area contributed by atoms with Crippen molar-refractivity contribution in [1.29, 1.82) is 0 Å². The fourth-order valence-electron chi connectivity index (χ4n) is 5.92. The third-order valence-corrected chi connectivity index (χ3v) is 6.77. The van der Waals surface area contributed by atoms with Gasteiger partial charge in [-0.05, 0) is 81.4 Å². The number of carbonyl (C=O) groups excluding carboxylic acids is 3. The van der Waals surface area contributed by atoms with Crippen LogP contribution in [0.5, 0.6) is 11.5 Å². The van der Waals surface area contributed by atoms with Gasteiger partial charge in [0.1, 0.15) is 6.29 Å². The molecule has 0 aromatic heterocycles. The summed E-state index contributed by atoms with van der Waals surface area (Å²) in [4.78, 5) is 35.8. The molecule has 162 valence electrons. The third-order valence-electron chi connectivity index (χ3n) is 6.77. The molecular weight excluding hydrogens is 386 g/mol. The summed E-state index contributed by atoms with van der Waals surface area (Å²) in [7, 11) is 1.45. The summed E-state index contributed by atoms with van der Waals surface area (Å²) in [6.07, 6.45) is 6.86. The quantitative estimate of drug-likeness (QED) is 0.519. The first kappa shape index (κ1) is 20.7. The van der Waals surface area contributed by atoms with Gasteiger partial charge in [0.15, 0.2) is 24.2 Å². The number of carbonyl (C=O) groups is 3. The molecule has 0 aliphatic heterocycles. The van der Waals surface area contributed by atoms with Crippen molar-refractivity contribution in [3.05, 3.63) is 23.8 Å². The van der Waals surface area contributed by atoms with E-state index in [9.17, 15) is 14.4 Å². The minimum atomic E-state index is -0.881. The van der Waals surface area contributed by atoms with Crippen molar-refractivity contribution in [3.8, 4) is 11.5 Å². The maximum atomic E-state index is 12.7. The van der Waals surface area contributed by atoms with Gasteiger partial charge in [-0.2, -0.15) is 0 Å². The summed E-state index contributed by atoms with van der Waals surface area (Å²) in [6.45, 7) is 1.24. The number of amides is 1. The Hall–Kier alpha value is -2.57. The van der Waals surface area contributed by atoms with E-state index in [0.717, 1.165) is 37.0 Å². The second-order valence-electron chi connectivity index (χ2n) is 9.14. The molecule has 5 rings (SSSR count). The van der Waals surface area contributed by atoms with Crippen LogP contribution in [0.4, 0.5) is 0 Å². The zero-order valence-electron chi connectivity index (χ0n) is 17.5. The Morgan fingerprint density at radius 2 is 1.77 bits per heavy atom. The van der Waals surface area contributed by atoms with Crippen LogP contribution in [-0.4, -0.2) is 43.5 Å². The number of methoxy groups -OCH3 is 1. The first-order valence-electron chi connectivity index (χ1n) is 10.7. The highest BCUT2D eigenvalue weighted by Gasteiger charge is 2.51. The molecule has 1 aromatic carbocycles. The number of hydrogen-bond donors (Lipinski definition) is 1. The van der Waals surface area contributed by atoms with Crippen molar-refractivity contribution in [3.63, 3.8) is 0 Å². The van der Waals surface area contributed by atoms with Crippen LogP contribution in [0.2, 0.25) is 0 Å². The van der Waals surface area contributed by atoms with Gasteiger partial charge in [0, 0.05) is 11.1 Å². The highest BCUT2D eigenvalue weighted by atomic mass is 16.6. The van der Waals surface area contributed by atoms with Gasteiger partial charge in [-0.3, -0.25) is 9.59 Å². The third kappa shape index (κ3) is 4.30. The average molecular weight is 415 g/mol. The Balaban J connectivity index is 1.28. The molecule has 4 aliphatic rings. The molecule has 0 radical (unpaired) electrons. The van der Waals surface area contributed by atoms with Crippen LogP contribution in [0.1, 0.15) is 55.8 Å². The second kappa shape index (κ2) is 8.28. The predicted molar refractivity (Wildman–Crippen MR) is 108 cm³/mol.